The number of aliphatic hydroxyl groups is 1. The molecule has 1 heteroatoms. The molecule has 0 spiro atoms. The second kappa shape index (κ2) is 5.10. The highest BCUT2D eigenvalue weighted by molar-refractivity contribution is 4.85. The molecule has 0 rings (SSSR count). The Labute approximate surface area is 51.7 Å². The Kier molecular flexibility index (Phi) is 5.08. The van der Waals surface area contributed by atoms with Crippen molar-refractivity contribution in [3.05, 3.63) is 5.92 Å². The van der Waals surface area contributed by atoms with E-state index in [1.54, 1.807) is 0 Å². The van der Waals surface area contributed by atoms with Crippen molar-refractivity contribution in [1.29, 1.82) is 0 Å². The molecule has 0 aliphatic heterocycles. The lowest BCUT2D eigenvalue weighted by Crippen LogP contribution is -1.96. The van der Waals surface area contributed by atoms with Crippen LogP contribution in [0.2, 0.25) is 0 Å². The summed E-state index contributed by atoms with van der Waals surface area (Å²) >= 11 is 0. The second-order valence-electron chi connectivity index (χ2n) is 1.93. The van der Waals surface area contributed by atoms with Crippen molar-refractivity contribution in [3.63, 3.8) is 0 Å². The molecule has 0 bridgehead atoms. The average molecular weight is 115 g/mol. The van der Waals surface area contributed by atoms with E-state index in [0.29, 0.717) is 6.61 Å². The van der Waals surface area contributed by atoms with Crippen LogP contribution in [0, 0.1) is 5.92 Å². The Morgan fingerprint density at radius 1 is 1.25 bits per heavy atom. The summed E-state index contributed by atoms with van der Waals surface area (Å²) in [5.41, 5.74) is 0. The molecule has 0 aromatic rings. The molecule has 0 aliphatic rings. The molecule has 0 heterocycles. The standard InChI is InChI=1S/C7H15O/c1-3-7(4-2)5-6-8/h8H,3-6H2,1-2H3. The van der Waals surface area contributed by atoms with Gasteiger partial charge in [-0.1, -0.05) is 13.8 Å². The molecule has 0 aromatic heterocycles. The first-order chi connectivity index (χ1) is 3.85. The van der Waals surface area contributed by atoms with Crippen molar-refractivity contribution in [2.75, 3.05) is 6.61 Å². The molecular formula is C7H15O. The fraction of sp³-hybridized carbons (Fsp3) is 0.857. The third-order valence-corrected chi connectivity index (χ3v) is 1.47. The minimum Gasteiger partial charge on any atom is -0.396 e. The highest BCUT2D eigenvalue weighted by atomic mass is 16.3. The van der Waals surface area contributed by atoms with E-state index in [0.717, 1.165) is 19.3 Å². The van der Waals surface area contributed by atoms with Crippen molar-refractivity contribution in [1.82, 2.24) is 0 Å². The van der Waals surface area contributed by atoms with Crippen LogP contribution >= 0.6 is 0 Å². The fourth-order valence-electron chi connectivity index (χ4n) is 0.762. The normalized spacial score (nSPS) is 10.5. The molecule has 1 radical (unpaired) electrons. The second-order valence-corrected chi connectivity index (χ2v) is 1.93. The van der Waals surface area contributed by atoms with Gasteiger partial charge in [-0.25, -0.2) is 0 Å². The van der Waals surface area contributed by atoms with E-state index in [4.69, 9.17) is 5.11 Å². The molecule has 1 N–H and O–H groups in total. The molecule has 0 amide bonds. The number of aliphatic hydroxyl groups excluding tert-OH is 1. The van der Waals surface area contributed by atoms with Gasteiger partial charge in [0.1, 0.15) is 0 Å². The number of hydrogen-bond donors (Lipinski definition) is 1. The SMILES string of the molecule is CC[C](CC)CCO. The quantitative estimate of drug-likeness (QED) is 0.592. The Morgan fingerprint density at radius 2 is 1.75 bits per heavy atom. The lowest BCUT2D eigenvalue weighted by atomic mass is 10.0. The molecule has 1 nitrogen and oxygen atoms in total. The molecule has 0 saturated carbocycles. The molecule has 0 fully saturated rings. The first kappa shape index (κ1) is 7.96. The molecule has 0 atom stereocenters. The van der Waals surface area contributed by atoms with Gasteiger partial charge in [-0.2, -0.15) is 0 Å². The van der Waals surface area contributed by atoms with E-state index in [-0.39, 0.29) is 0 Å². The van der Waals surface area contributed by atoms with Crippen LogP contribution in [-0.2, 0) is 0 Å². The Bertz CT molecular complexity index is 39.7. The zero-order valence-corrected chi connectivity index (χ0v) is 5.78. The zero-order chi connectivity index (χ0) is 6.41. The van der Waals surface area contributed by atoms with E-state index < -0.39 is 0 Å². The molecular weight excluding hydrogens is 100 g/mol. The van der Waals surface area contributed by atoms with Gasteiger partial charge in [-0.3, -0.25) is 0 Å². The van der Waals surface area contributed by atoms with Crippen LogP contribution in [0.25, 0.3) is 0 Å². The van der Waals surface area contributed by atoms with Gasteiger partial charge < -0.3 is 5.11 Å². The van der Waals surface area contributed by atoms with Gasteiger partial charge in [0, 0.05) is 6.61 Å². The van der Waals surface area contributed by atoms with Crippen LogP contribution in [0.3, 0.4) is 0 Å². The molecule has 0 unspecified atom stereocenters. The van der Waals surface area contributed by atoms with Gasteiger partial charge in [0.15, 0.2) is 0 Å². The minimum absolute atomic E-state index is 0.316. The molecule has 0 aromatic carbocycles. The zero-order valence-electron chi connectivity index (χ0n) is 5.78. The van der Waals surface area contributed by atoms with Gasteiger partial charge >= 0.3 is 0 Å². The third-order valence-electron chi connectivity index (χ3n) is 1.47. The Balaban J connectivity index is 3.07. The summed E-state index contributed by atoms with van der Waals surface area (Å²) < 4.78 is 0. The van der Waals surface area contributed by atoms with E-state index in [1.165, 1.54) is 5.92 Å². The van der Waals surface area contributed by atoms with E-state index >= 15 is 0 Å². The maximum Gasteiger partial charge on any atom is 0.0436 e. The monoisotopic (exact) mass is 115 g/mol. The largest absolute Gasteiger partial charge is 0.396 e. The van der Waals surface area contributed by atoms with Crippen molar-refractivity contribution >= 4 is 0 Å². The maximum absolute atomic E-state index is 8.48. The van der Waals surface area contributed by atoms with E-state index in [1.807, 2.05) is 0 Å². The highest BCUT2D eigenvalue weighted by Crippen LogP contribution is 2.13. The summed E-state index contributed by atoms with van der Waals surface area (Å²) in [7, 11) is 0. The summed E-state index contributed by atoms with van der Waals surface area (Å²) in [6.07, 6.45) is 3.14. The number of rotatable bonds is 4. The van der Waals surface area contributed by atoms with Crippen LogP contribution < -0.4 is 0 Å². The van der Waals surface area contributed by atoms with E-state index in [2.05, 4.69) is 13.8 Å². The fourth-order valence-corrected chi connectivity index (χ4v) is 0.762. The molecule has 0 saturated heterocycles. The average Bonchev–Trinajstić information content (AvgIpc) is 1.83. The topological polar surface area (TPSA) is 20.2 Å². The highest BCUT2D eigenvalue weighted by Gasteiger charge is 2.00. The van der Waals surface area contributed by atoms with Crippen LogP contribution in [0.15, 0.2) is 0 Å². The summed E-state index contributed by atoms with van der Waals surface area (Å²) in [6, 6.07) is 0. The van der Waals surface area contributed by atoms with Gasteiger partial charge in [0.2, 0.25) is 0 Å². The molecule has 49 valence electrons. The maximum atomic E-state index is 8.48. The van der Waals surface area contributed by atoms with Crippen LogP contribution in [0.5, 0.6) is 0 Å². The van der Waals surface area contributed by atoms with Crippen molar-refractivity contribution in [2.45, 2.75) is 33.1 Å². The van der Waals surface area contributed by atoms with Crippen molar-refractivity contribution in [2.24, 2.45) is 0 Å². The summed E-state index contributed by atoms with van der Waals surface area (Å²) in [5.74, 6) is 1.47. The third kappa shape index (κ3) is 3.03. The predicted octanol–water partition coefficient (Wildman–Crippen LogP) is 1.76. The summed E-state index contributed by atoms with van der Waals surface area (Å²) in [4.78, 5) is 0. The van der Waals surface area contributed by atoms with Crippen LogP contribution in [0.4, 0.5) is 0 Å². The van der Waals surface area contributed by atoms with Crippen molar-refractivity contribution in [3.8, 4) is 0 Å². The Hall–Kier alpha value is -0.0400. The first-order valence-electron chi connectivity index (χ1n) is 3.29. The van der Waals surface area contributed by atoms with Crippen LogP contribution in [0.1, 0.15) is 33.1 Å². The smallest absolute Gasteiger partial charge is 0.0436 e. The van der Waals surface area contributed by atoms with Crippen molar-refractivity contribution < 1.29 is 5.11 Å². The molecule has 8 heavy (non-hydrogen) atoms. The Morgan fingerprint density at radius 3 is 1.88 bits per heavy atom. The molecule has 0 aliphatic carbocycles. The lowest BCUT2D eigenvalue weighted by Gasteiger charge is -2.06. The first-order valence-corrected chi connectivity index (χ1v) is 3.29. The van der Waals surface area contributed by atoms with E-state index in [9.17, 15) is 0 Å². The predicted molar refractivity (Wildman–Crippen MR) is 35.5 cm³/mol. The van der Waals surface area contributed by atoms with Crippen LogP contribution in [-0.4, -0.2) is 11.7 Å². The van der Waals surface area contributed by atoms with Gasteiger partial charge in [0.25, 0.3) is 0 Å². The summed E-state index contributed by atoms with van der Waals surface area (Å²) in [5, 5.41) is 8.48. The summed E-state index contributed by atoms with van der Waals surface area (Å²) in [6.45, 7) is 4.58. The minimum atomic E-state index is 0.316. The lowest BCUT2D eigenvalue weighted by molar-refractivity contribution is 0.288. The van der Waals surface area contributed by atoms with Gasteiger partial charge in [-0.05, 0) is 25.2 Å². The van der Waals surface area contributed by atoms with Gasteiger partial charge in [-0.15, -0.1) is 0 Å². The van der Waals surface area contributed by atoms with Gasteiger partial charge in [0.05, 0.1) is 0 Å². The number of hydrogen-bond acceptors (Lipinski definition) is 1.